The first-order valence-electron chi connectivity index (χ1n) is 7.59. The Morgan fingerprint density at radius 3 is 2.45 bits per heavy atom. The molecule has 2 rings (SSSR count). The number of pyridine rings is 1. The SMILES string of the molecule is Cc1cc(C(C)C)ncc1N1C=CN(CC(C)C)[C@H]1C. The maximum Gasteiger partial charge on any atom is 0.103 e. The molecule has 0 aliphatic carbocycles. The van der Waals surface area contributed by atoms with Gasteiger partial charge in [0.1, 0.15) is 6.17 Å². The zero-order valence-corrected chi connectivity index (χ0v) is 13.6. The molecule has 1 aromatic heterocycles. The Labute approximate surface area is 123 Å². The molecule has 110 valence electrons. The number of aryl methyl sites for hydroxylation is 1. The van der Waals surface area contributed by atoms with Crippen molar-refractivity contribution in [2.24, 2.45) is 5.92 Å². The van der Waals surface area contributed by atoms with Crippen molar-refractivity contribution in [1.82, 2.24) is 9.88 Å². The summed E-state index contributed by atoms with van der Waals surface area (Å²) in [5.41, 5.74) is 3.68. The lowest BCUT2D eigenvalue weighted by atomic mass is 10.1. The summed E-state index contributed by atoms with van der Waals surface area (Å²) in [5, 5.41) is 0. The quantitative estimate of drug-likeness (QED) is 0.823. The van der Waals surface area contributed by atoms with E-state index >= 15 is 0 Å². The Hall–Kier alpha value is -1.51. The molecule has 0 spiro atoms. The van der Waals surface area contributed by atoms with Crippen LogP contribution in [0.15, 0.2) is 24.7 Å². The number of hydrogen-bond donors (Lipinski definition) is 0. The smallest absolute Gasteiger partial charge is 0.103 e. The molecule has 0 saturated heterocycles. The van der Waals surface area contributed by atoms with Gasteiger partial charge >= 0.3 is 0 Å². The molecule has 1 atom stereocenters. The highest BCUT2D eigenvalue weighted by Crippen LogP contribution is 2.28. The molecule has 0 saturated carbocycles. The molecule has 0 unspecified atom stereocenters. The van der Waals surface area contributed by atoms with Gasteiger partial charge in [-0.15, -0.1) is 0 Å². The van der Waals surface area contributed by atoms with Crippen molar-refractivity contribution in [3.8, 4) is 0 Å². The molecule has 0 aromatic carbocycles. The number of rotatable bonds is 4. The molecule has 3 nitrogen and oxygen atoms in total. The van der Waals surface area contributed by atoms with Crippen LogP contribution in [0, 0.1) is 12.8 Å². The third kappa shape index (κ3) is 2.97. The minimum Gasteiger partial charge on any atom is -0.356 e. The number of hydrogen-bond acceptors (Lipinski definition) is 3. The summed E-state index contributed by atoms with van der Waals surface area (Å²) in [6, 6.07) is 2.21. The van der Waals surface area contributed by atoms with Gasteiger partial charge in [-0.1, -0.05) is 27.7 Å². The molecule has 1 aliphatic heterocycles. The van der Waals surface area contributed by atoms with Crippen LogP contribution in [0.25, 0.3) is 0 Å². The van der Waals surface area contributed by atoms with Crippen LogP contribution in [0.3, 0.4) is 0 Å². The third-order valence-electron chi connectivity index (χ3n) is 3.85. The highest BCUT2D eigenvalue weighted by Gasteiger charge is 2.24. The van der Waals surface area contributed by atoms with Gasteiger partial charge in [-0.05, 0) is 37.3 Å². The van der Waals surface area contributed by atoms with Gasteiger partial charge in [0.05, 0.1) is 11.9 Å². The number of nitrogens with zero attached hydrogens (tertiary/aromatic N) is 3. The molecule has 0 bridgehead atoms. The maximum absolute atomic E-state index is 4.61. The summed E-state index contributed by atoms with van der Waals surface area (Å²) in [6.07, 6.45) is 6.75. The zero-order chi connectivity index (χ0) is 14.9. The van der Waals surface area contributed by atoms with E-state index in [0.29, 0.717) is 18.0 Å². The topological polar surface area (TPSA) is 19.4 Å². The Morgan fingerprint density at radius 1 is 1.20 bits per heavy atom. The highest BCUT2D eigenvalue weighted by molar-refractivity contribution is 5.56. The van der Waals surface area contributed by atoms with Crippen LogP contribution in [-0.4, -0.2) is 22.6 Å². The standard InChI is InChI=1S/C17H27N3/c1-12(2)11-19-7-8-20(15(19)6)17-10-18-16(13(3)4)9-14(17)5/h7-10,12-13,15H,11H2,1-6H3/t15-/m1/s1. The average Bonchev–Trinajstić information content (AvgIpc) is 2.70. The van der Waals surface area contributed by atoms with E-state index in [1.165, 1.54) is 16.9 Å². The molecule has 0 fully saturated rings. The Balaban J connectivity index is 2.19. The summed E-state index contributed by atoms with van der Waals surface area (Å²) in [7, 11) is 0. The van der Waals surface area contributed by atoms with E-state index in [0.717, 1.165) is 6.54 Å². The summed E-state index contributed by atoms with van der Waals surface area (Å²) in [6.45, 7) is 14.4. The van der Waals surface area contributed by atoms with Crippen LogP contribution < -0.4 is 4.90 Å². The highest BCUT2D eigenvalue weighted by atomic mass is 15.4. The predicted molar refractivity (Wildman–Crippen MR) is 85.7 cm³/mol. The number of anilines is 1. The molecule has 1 aromatic rings. The van der Waals surface area contributed by atoms with Gasteiger partial charge in [0.15, 0.2) is 0 Å². The van der Waals surface area contributed by atoms with E-state index in [2.05, 4.69) is 74.8 Å². The van der Waals surface area contributed by atoms with Crippen LogP contribution in [0.2, 0.25) is 0 Å². The Bertz CT molecular complexity index is 491. The molecule has 20 heavy (non-hydrogen) atoms. The molecular formula is C17H27N3. The van der Waals surface area contributed by atoms with Crippen molar-refractivity contribution in [3.63, 3.8) is 0 Å². The fourth-order valence-corrected chi connectivity index (χ4v) is 2.64. The van der Waals surface area contributed by atoms with Crippen molar-refractivity contribution in [1.29, 1.82) is 0 Å². The van der Waals surface area contributed by atoms with Crippen molar-refractivity contribution in [3.05, 3.63) is 35.9 Å². The van der Waals surface area contributed by atoms with E-state index < -0.39 is 0 Å². The first-order valence-corrected chi connectivity index (χ1v) is 7.59. The lowest BCUT2D eigenvalue weighted by Gasteiger charge is -2.31. The minimum absolute atomic E-state index is 0.364. The molecular weight excluding hydrogens is 246 g/mol. The van der Waals surface area contributed by atoms with Gasteiger partial charge in [0.2, 0.25) is 0 Å². The van der Waals surface area contributed by atoms with Gasteiger partial charge in [-0.2, -0.15) is 0 Å². The Kier molecular flexibility index (Phi) is 4.36. The third-order valence-corrected chi connectivity index (χ3v) is 3.85. The zero-order valence-electron chi connectivity index (χ0n) is 13.6. The van der Waals surface area contributed by atoms with Gasteiger partial charge in [-0.3, -0.25) is 4.98 Å². The van der Waals surface area contributed by atoms with Crippen molar-refractivity contribution in [2.45, 2.75) is 53.6 Å². The Morgan fingerprint density at radius 2 is 1.90 bits per heavy atom. The lowest BCUT2D eigenvalue weighted by molar-refractivity contribution is 0.284. The molecule has 1 aliphatic rings. The molecule has 0 amide bonds. The number of aromatic nitrogens is 1. The molecule has 2 heterocycles. The van der Waals surface area contributed by atoms with E-state index in [-0.39, 0.29) is 0 Å². The van der Waals surface area contributed by atoms with Crippen molar-refractivity contribution in [2.75, 3.05) is 11.4 Å². The minimum atomic E-state index is 0.364. The summed E-state index contributed by atoms with van der Waals surface area (Å²) < 4.78 is 0. The summed E-state index contributed by atoms with van der Waals surface area (Å²) in [4.78, 5) is 9.31. The van der Waals surface area contributed by atoms with E-state index in [1.807, 2.05) is 6.20 Å². The van der Waals surface area contributed by atoms with Crippen molar-refractivity contribution < 1.29 is 0 Å². The van der Waals surface area contributed by atoms with E-state index in [9.17, 15) is 0 Å². The first kappa shape index (κ1) is 14.9. The van der Waals surface area contributed by atoms with Crippen LogP contribution in [0.5, 0.6) is 0 Å². The average molecular weight is 273 g/mol. The molecule has 0 N–H and O–H groups in total. The van der Waals surface area contributed by atoms with Crippen LogP contribution in [-0.2, 0) is 0 Å². The fourth-order valence-electron chi connectivity index (χ4n) is 2.64. The van der Waals surface area contributed by atoms with Gasteiger partial charge in [0.25, 0.3) is 0 Å². The first-order chi connectivity index (χ1) is 9.40. The van der Waals surface area contributed by atoms with Gasteiger partial charge < -0.3 is 9.80 Å². The van der Waals surface area contributed by atoms with Gasteiger partial charge in [-0.25, -0.2) is 0 Å². The van der Waals surface area contributed by atoms with Crippen LogP contribution in [0.1, 0.15) is 51.8 Å². The monoisotopic (exact) mass is 273 g/mol. The predicted octanol–water partition coefficient (Wildman–Crippen LogP) is 4.11. The lowest BCUT2D eigenvalue weighted by Crippen LogP contribution is -2.38. The second-order valence-electron chi connectivity index (χ2n) is 6.48. The van der Waals surface area contributed by atoms with Crippen LogP contribution in [0.4, 0.5) is 5.69 Å². The maximum atomic E-state index is 4.61. The second-order valence-corrected chi connectivity index (χ2v) is 6.48. The fraction of sp³-hybridized carbons (Fsp3) is 0.588. The second kappa shape index (κ2) is 5.86. The summed E-state index contributed by atoms with van der Waals surface area (Å²) >= 11 is 0. The summed E-state index contributed by atoms with van der Waals surface area (Å²) in [5.74, 6) is 1.15. The van der Waals surface area contributed by atoms with E-state index in [1.54, 1.807) is 0 Å². The van der Waals surface area contributed by atoms with Gasteiger partial charge in [0, 0.05) is 24.6 Å². The molecule has 0 radical (unpaired) electrons. The van der Waals surface area contributed by atoms with Crippen molar-refractivity contribution >= 4 is 5.69 Å². The normalized spacial score (nSPS) is 18.7. The van der Waals surface area contributed by atoms with Crippen LogP contribution >= 0.6 is 0 Å². The van der Waals surface area contributed by atoms with E-state index in [4.69, 9.17) is 0 Å². The molecule has 3 heteroatoms. The largest absolute Gasteiger partial charge is 0.356 e.